The Labute approximate surface area is 313 Å². The monoisotopic (exact) mass is 713 g/mol. The van der Waals surface area contributed by atoms with Gasteiger partial charge < -0.3 is 14.2 Å². The molecule has 0 aromatic heterocycles. The molecule has 1 atom stereocenters. The zero-order valence-electron chi connectivity index (χ0n) is 33.1. The summed E-state index contributed by atoms with van der Waals surface area (Å²) in [6, 6.07) is 0. The Morgan fingerprint density at radius 3 is 1.25 bits per heavy atom. The number of carbonyl (C=O) groups is 3. The van der Waals surface area contributed by atoms with E-state index in [1.165, 1.54) is 38.5 Å². The molecule has 0 aliphatic carbocycles. The van der Waals surface area contributed by atoms with Crippen LogP contribution in [0.4, 0.5) is 0 Å². The second-order valence-electron chi connectivity index (χ2n) is 13.5. The Bertz CT molecular complexity index is 960. The molecule has 0 spiro atoms. The molecular weight excluding hydrogens is 636 g/mol. The summed E-state index contributed by atoms with van der Waals surface area (Å²) in [7, 11) is 0. The number of hydrogen-bond donors (Lipinski definition) is 0. The maximum Gasteiger partial charge on any atom is 0.306 e. The lowest BCUT2D eigenvalue weighted by Gasteiger charge is -2.18. The molecule has 0 aliphatic heterocycles. The van der Waals surface area contributed by atoms with Crippen LogP contribution in [0.3, 0.4) is 0 Å². The maximum atomic E-state index is 12.6. The van der Waals surface area contributed by atoms with E-state index in [1.807, 2.05) is 0 Å². The van der Waals surface area contributed by atoms with Crippen molar-refractivity contribution >= 4 is 17.9 Å². The summed E-state index contributed by atoms with van der Waals surface area (Å²) in [5.41, 5.74) is 0. The first-order valence-electron chi connectivity index (χ1n) is 20.8. The van der Waals surface area contributed by atoms with Crippen molar-refractivity contribution in [1.29, 1.82) is 0 Å². The predicted molar refractivity (Wildman–Crippen MR) is 215 cm³/mol. The van der Waals surface area contributed by atoms with Crippen molar-refractivity contribution in [2.24, 2.45) is 0 Å². The lowest BCUT2D eigenvalue weighted by atomic mass is 10.1. The first-order chi connectivity index (χ1) is 25.0. The zero-order chi connectivity index (χ0) is 37.3. The summed E-state index contributed by atoms with van der Waals surface area (Å²) < 4.78 is 16.6. The first-order valence-corrected chi connectivity index (χ1v) is 20.8. The average Bonchev–Trinajstić information content (AvgIpc) is 3.12. The van der Waals surface area contributed by atoms with Gasteiger partial charge in [0, 0.05) is 19.3 Å². The molecule has 51 heavy (non-hydrogen) atoms. The highest BCUT2D eigenvalue weighted by molar-refractivity contribution is 5.71. The molecule has 6 nitrogen and oxygen atoms in total. The molecule has 0 aromatic carbocycles. The molecule has 6 heteroatoms. The molecule has 0 saturated carbocycles. The smallest absolute Gasteiger partial charge is 0.306 e. The summed E-state index contributed by atoms with van der Waals surface area (Å²) in [5.74, 6) is -0.970. The van der Waals surface area contributed by atoms with Crippen LogP contribution < -0.4 is 0 Å². The van der Waals surface area contributed by atoms with Gasteiger partial charge in [-0.05, 0) is 89.9 Å². The van der Waals surface area contributed by atoms with Gasteiger partial charge in [-0.2, -0.15) is 0 Å². The first kappa shape index (κ1) is 48.1. The quantitative estimate of drug-likeness (QED) is 0.0278. The number of allylic oxidation sites excluding steroid dienone is 10. The third-order valence-electron chi connectivity index (χ3n) is 8.48. The minimum atomic E-state index is -0.794. The van der Waals surface area contributed by atoms with Gasteiger partial charge in [0.15, 0.2) is 6.10 Å². The molecule has 0 aliphatic rings. The largest absolute Gasteiger partial charge is 0.462 e. The Kier molecular flexibility index (Phi) is 37.6. The second kappa shape index (κ2) is 39.9. The zero-order valence-corrected chi connectivity index (χ0v) is 33.1. The van der Waals surface area contributed by atoms with Crippen molar-refractivity contribution in [3.05, 3.63) is 60.8 Å². The van der Waals surface area contributed by atoms with Crippen LogP contribution in [-0.2, 0) is 28.6 Å². The van der Waals surface area contributed by atoms with Crippen LogP contribution in [0.2, 0.25) is 0 Å². The summed E-state index contributed by atoms with van der Waals surface area (Å²) in [6.45, 7) is 6.35. The second-order valence-corrected chi connectivity index (χ2v) is 13.5. The Morgan fingerprint density at radius 2 is 0.765 bits per heavy atom. The summed E-state index contributed by atoms with van der Waals surface area (Å²) in [5, 5.41) is 0. The van der Waals surface area contributed by atoms with Crippen LogP contribution in [-0.4, -0.2) is 37.2 Å². The number of rotatable bonds is 36. The Balaban J connectivity index is 4.47. The van der Waals surface area contributed by atoms with Crippen molar-refractivity contribution < 1.29 is 28.6 Å². The van der Waals surface area contributed by atoms with Crippen molar-refractivity contribution in [1.82, 2.24) is 0 Å². The van der Waals surface area contributed by atoms with E-state index in [-0.39, 0.29) is 31.1 Å². The number of carbonyl (C=O) groups excluding carboxylic acids is 3. The summed E-state index contributed by atoms with van der Waals surface area (Å²) >= 11 is 0. The summed E-state index contributed by atoms with van der Waals surface area (Å²) in [6.07, 6.45) is 46.4. The van der Waals surface area contributed by atoms with Crippen LogP contribution in [0, 0.1) is 0 Å². The van der Waals surface area contributed by atoms with E-state index in [1.54, 1.807) is 0 Å². The van der Waals surface area contributed by atoms with Crippen LogP contribution in [0.1, 0.15) is 188 Å². The fourth-order valence-corrected chi connectivity index (χ4v) is 5.30. The number of esters is 3. The van der Waals surface area contributed by atoms with E-state index in [4.69, 9.17) is 14.2 Å². The van der Waals surface area contributed by atoms with Gasteiger partial charge >= 0.3 is 17.9 Å². The molecule has 0 amide bonds. The van der Waals surface area contributed by atoms with Crippen LogP contribution in [0.25, 0.3) is 0 Å². The number of ether oxygens (including phenoxy) is 3. The highest BCUT2D eigenvalue weighted by atomic mass is 16.6. The predicted octanol–water partition coefficient (Wildman–Crippen LogP) is 13.0. The van der Waals surface area contributed by atoms with Gasteiger partial charge in [0.1, 0.15) is 13.2 Å². The lowest BCUT2D eigenvalue weighted by molar-refractivity contribution is -0.167. The third kappa shape index (κ3) is 38.2. The molecule has 0 bridgehead atoms. The Hall–Kier alpha value is -2.89. The minimum absolute atomic E-state index is 0.0969. The van der Waals surface area contributed by atoms with Gasteiger partial charge in [0.25, 0.3) is 0 Å². The summed E-state index contributed by atoms with van der Waals surface area (Å²) in [4.78, 5) is 37.5. The molecule has 0 rings (SSSR count). The van der Waals surface area contributed by atoms with Gasteiger partial charge in [-0.1, -0.05) is 139 Å². The third-order valence-corrected chi connectivity index (χ3v) is 8.48. The van der Waals surface area contributed by atoms with Crippen molar-refractivity contribution in [2.45, 2.75) is 194 Å². The highest BCUT2D eigenvalue weighted by Gasteiger charge is 2.19. The molecular formula is C45H76O6. The number of hydrogen-bond acceptors (Lipinski definition) is 6. The van der Waals surface area contributed by atoms with Crippen molar-refractivity contribution in [2.75, 3.05) is 13.2 Å². The molecule has 0 saturated heterocycles. The molecule has 0 N–H and O–H groups in total. The minimum Gasteiger partial charge on any atom is -0.462 e. The molecule has 1 unspecified atom stereocenters. The van der Waals surface area contributed by atoms with E-state index in [2.05, 4.69) is 81.5 Å². The van der Waals surface area contributed by atoms with Gasteiger partial charge in [-0.15, -0.1) is 0 Å². The average molecular weight is 713 g/mol. The van der Waals surface area contributed by atoms with E-state index in [0.717, 1.165) is 109 Å². The van der Waals surface area contributed by atoms with Gasteiger partial charge in [0.05, 0.1) is 0 Å². The Morgan fingerprint density at radius 1 is 0.412 bits per heavy atom. The lowest BCUT2D eigenvalue weighted by Crippen LogP contribution is -2.30. The van der Waals surface area contributed by atoms with Gasteiger partial charge in [-0.3, -0.25) is 14.4 Å². The van der Waals surface area contributed by atoms with Crippen LogP contribution in [0.5, 0.6) is 0 Å². The maximum absolute atomic E-state index is 12.6. The molecule has 0 aromatic rings. The van der Waals surface area contributed by atoms with E-state index in [0.29, 0.717) is 19.3 Å². The van der Waals surface area contributed by atoms with E-state index >= 15 is 0 Å². The van der Waals surface area contributed by atoms with Crippen molar-refractivity contribution in [3.63, 3.8) is 0 Å². The van der Waals surface area contributed by atoms with E-state index in [9.17, 15) is 14.4 Å². The molecule has 0 heterocycles. The fraction of sp³-hybridized carbons (Fsp3) is 0.711. The van der Waals surface area contributed by atoms with Gasteiger partial charge in [-0.25, -0.2) is 0 Å². The van der Waals surface area contributed by atoms with E-state index < -0.39 is 6.10 Å². The fourth-order valence-electron chi connectivity index (χ4n) is 5.30. The highest BCUT2D eigenvalue weighted by Crippen LogP contribution is 2.12. The molecule has 0 radical (unpaired) electrons. The standard InChI is InChI=1S/C45H76O6/c1-4-7-10-13-16-19-22-24-26-29-32-35-38-44(47)50-41-42(40-49-43(46)37-34-31-28-25-21-18-15-12-9-6-3)51-45(48)39-36-33-30-27-23-20-17-14-11-8-5-2/h7,10,14-19,24,26,42H,4-6,8-9,11-13,20-23,25,27-41H2,1-3H3/b10-7-,17-14-,18-15-,19-16-,26-24-. The normalized spacial score (nSPS) is 12.6. The molecule has 0 fully saturated rings. The van der Waals surface area contributed by atoms with Gasteiger partial charge in [0.2, 0.25) is 0 Å². The SMILES string of the molecule is CC/C=C\C/C=C\C/C=C\CCCCC(=O)OCC(COC(=O)CCCCCC/C=C\CCCC)OC(=O)CCCCCCC/C=C\CCCC. The van der Waals surface area contributed by atoms with Crippen molar-refractivity contribution in [3.8, 4) is 0 Å². The molecule has 292 valence electrons. The van der Waals surface area contributed by atoms with Crippen LogP contribution in [0.15, 0.2) is 60.8 Å². The number of unbranched alkanes of at least 4 members (excludes halogenated alkanes) is 15. The topological polar surface area (TPSA) is 78.9 Å². The van der Waals surface area contributed by atoms with Crippen LogP contribution >= 0.6 is 0 Å².